The van der Waals surface area contributed by atoms with Gasteiger partial charge in [0.15, 0.2) is 0 Å². The molecule has 0 saturated carbocycles. The second kappa shape index (κ2) is 19.0. The maximum Gasteiger partial charge on any atom is 0.315 e. The van der Waals surface area contributed by atoms with Crippen LogP contribution in [0.15, 0.2) is 25.3 Å². The van der Waals surface area contributed by atoms with Crippen LogP contribution in [-0.2, 0) is 19.2 Å². The first-order chi connectivity index (χ1) is 17.4. The largest absolute Gasteiger partial charge is 0.346 e. The standard InChI is InChI=1S/C22H35N5O5.C3H8.C2H6/c1-7-10-14(16(28)19(30)24-12-8-2)25-18(29)15-11-9-13-27(15)20(31)17(22(3,4)5)26-21(32)23-6;1-3-2;1-2/h7-8,14-15,17H,1-2,9-13H2,3-6H3,(H,24,30)(H,25,29)(H2,23,26,32);3H2,1-2H3;1-2H3. The van der Waals surface area contributed by atoms with Gasteiger partial charge in [-0.05, 0) is 24.7 Å². The van der Waals surface area contributed by atoms with E-state index in [1.807, 2.05) is 34.6 Å². The van der Waals surface area contributed by atoms with Crippen LogP contribution in [0.3, 0.4) is 0 Å². The first-order valence-electron chi connectivity index (χ1n) is 13.0. The number of nitrogens with zero attached hydrogens (tertiary/aromatic N) is 1. The Morgan fingerprint density at radius 3 is 2.05 bits per heavy atom. The van der Waals surface area contributed by atoms with E-state index < -0.39 is 47.2 Å². The lowest BCUT2D eigenvalue weighted by atomic mass is 9.85. The molecule has 0 bridgehead atoms. The van der Waals surface area contributed by atoms with Gasteiger partial charge in [-0.1, -0.05) is 67.0 Å². The fourth-order valence-electron chi connectivity index (χ4n) is 3.40. The van der Waals surface area contributed by atoms with Crippen molar-refractivity contribution in [3.8, 4) is 0 Å². The summed E-state index contributed by atoms with van der Waals surface area (Å²) in [6.45, 7) is 21.2. The summed E-state index contributed by atoms with van der Waals surface area (Å²) in [6, 6.07) is -3.26. The highest BCUT2D eigenvalue weighted by Gasteiger charge is 2.42. The molecule has 1 fully saturated rings. The highest BCUT2D eigenvalue weighted by atomic mass is 16.2. The Balaban J connectivity index is 0. The van der Waals surface area contributed by atoms with Gasteiger partial charge in [-0.3, -0.25) is 19.2 Å². The van der Waals surface area contributed by atoms with Crippen molar-refractivity contribution in [2.45, 2.75) is 92.3 Å². The van der Waals surface area contributed by atoms with Crippen LogP contribution in [0.2, 0.25) is 0 Å². The fraction of sp³-hybridized carbons (Fsp3) is 0.667. The van der Waals surface area contributed by atoms with Crippen molar-refractivity contribution in [1.82, 2.24) is 26.2 Å². The minimum absolute atomic E-state index is 0.0651. The highest BCUT2D eigenvalue weighted by molar-refractivity contribution is 6.38. The van der Waals surface area contributed by atoms with Crippen molar-refractivity contribution in [1.29, 1.82) is 0 Å². The quantitative estimate of drug-likeness (QED) is 0.258. The molecule has 0 aromatic rings. The van der Waals surface area contributed by atoms with Crippen LogP contribution >= 0.6 is 0 Å². The van der Waals surface area contributed by atoms with Gasteiger partial charge in [-0.2, -0.15) is 0 Å². The predicted molar refractivity (Wildman–Crippen MR) is 148 cm³/mol. The van der Waals surface area contributed by atoms with Gasteiger partial charge in [0.2, 0.25) is 17.6 Å². The lowest BCUT2D eigenvalue weighted by Crippen LogP contribution is -2.59. The summed E-state index contributed by atoms with van der Waals surface area (Å²) in [5.74, 6) is -2.54. The molecule has 0 spiro atoms. The topological polar surface area (TPSA) is 137 Å². The summed E-state index contributed by atoms with van der Waals surface area (Å²) in [5, 5.41) is 10.1. The number of hydrogen-bond acceptors (Lipinski definition) is 5. The normalized spacial score (nSPS) is 15.8. The molecule has 1 aliphatic heterocycles. The monoisotopic (exact) mass is 523 g/mol. The van der Waals surface area contributed by atoms with Crippen molar-refractivity contribution in [3.63, 3.8) is 0 Å². The number of likely N-dealkylation sites (tertiary alicyclic amines) is 1. The number of amides is 5. The Labute approximate surface area is 223 Å². The molecule has 1 saturated heterocycles. The molecule has 4 N–H and O–H groups in total. The molecule has 0 aromatic heterocycles. The van der Waals surface area contributed by atoms with Gasteiger partial charge in [0.25, 0.3) is 5.91 Å². The molecule has 3 unspecified atom stereocenters. The van der Waals surface area contributed by atoms with Crippen molar-refractivity contribution >= 4 is 29.5 Å². The Morgan fingerprint density at radius 2 is 1.59 bits per heavy atom. The van der Waals surface area contributed by atoms with E-state index in [4.69, 9.17) is 0 Å². The zero-order valence-electron chi connectivity index (χ0n) is 24.0. The third kappa shape index (κ3) is 12.6. The Kier molecular flexibility index (Phi) is 18.5. The van der Waals surface area contributed by atoms with E-state index in [2.05, 4.69) is 48.3 Å². The predicted octanol–water partition coefficient (Wildman–Crippen LogP) is 2.70. The van der Waals surface area contributed by atoms with E-state index in [-0.39, 0.29) is 18.9 Å². The fourth-order valence-corrected chi connectivity index (χ4v) is 3.40. The second-order valence-corrected chi connectivity index (χ2v) is 9.37. The van der Waals surface area contributed by atoms with Gasteiger partial charge in [0.1, 0.15) is 18.1 Å². The van der Waals surface area contributed by atoms with Gasteiger partial charge >= 0.3 is 6.03 Å². The Bertz CT molecular complexity index is 776. The first-order valence-corrected chi connectivity index (χ1v) is 13.0. The number of rotatable bonds is 10. The third-order valence-corrected chi connectivity index (χ3v) is 5.12. The molecule has 1 aliphatic rings. The molecule has 5 amide bonds. The second-order valence-electron chi connectivity index (χ2n) is 9.37. The molecule has 3 atom stereocenters. The van der Waals surface area contributed by atoms with Crippen LogP contribution < -0.4 is 21.3 Å². The molecule has 0 radical (unpaired) electrons. The summed E-state index contributed by atoms with van der Waals surface area (Å²) in [5.41, 5.74) is -0.599. The van der Waals surface area contributed by atoms with Crippen molar-refractivity contribution < 1.29 is 24.0 Å². The smallest absolute Gasteiger partial charge is 0.315 e. The summed E-state index contributed by atoms with van der Waals surface area (Å²) >= 11 is 0. The van der Waals surface area contributed by atoms with Crippen LogP contribution in [0.25, 0.3) is 0 Å². The number of carbonyl (C=O) groups is 5. The number of ketones is 1. The number of carbonyl (C=O) groups excluding carboxylic acids is 5. The lowest BCUT2D eigenvalue weighted by molar-refractivity contribution is -0.143. The minimum Gasteiger partial charge on any atom is -0.346 e. The van der Waals surface area contributed by atoms with Crippen molar-refractivity contribution in [2.75, 3.05) is 20.1 Å². The Morgan fingerprint density at radius 1 is 1.03 bits per heavy atom. The van der Waals surface area contributed by atoms with E-state index >= 15 is 0 Å². The molecule has 37 heavy (non-hydrogen) atoms. The molecular weight excluding hydrogens is 474 g/mol. The molecular formula is C27H49N5O5. The van der Waals surface area contributed by atoms with Crippen molar-refractivity contribution in [3.05, 3.63) is 25.3 Å². The summed E-state index contributed by atoms with van der Waals surface area (Å²) in [7, 11) is 1.45. The van der Waals surface area contributed by atoms with Crippen LogP contribution in [0.5, 0.6) is 0 Å². The van der Waals surface area contributed by atoms with Crippen molar-refractivity contribution in [2.24, 2.45) is 5.41 Å². The van der Waals surface area contributed by atoms with Gasteiger partial charge < -0.3 is 26.2 Å². The number of hydrogen-bond donors (Lipinski definition) is 4. The number of Topliss-reactive ketones (excluding diaryl/α,β-unsaturated/α-hetero) is 1. The lowest BCUT2D eigenvalue weighted by Gasteiger charge is -2.35. The highest BCUT2D eigenvalue weighted by Crippen LogP contribution is 2.26. The summed E-state index contributed by atoms with van der Waals surface area (Å²) in [4.78, 5) is 64.0. The van der Waals surface area contributed by atoms with Gasteiger partial charge in [0, 0.05) is 20.1 Å². The SMILES string of the molecule is C=CCNC(=O)C(=O)C(CC=C)NC(=O)C1CCCN1C(=O)C(NC(=O)NC)C(C)(C)C.CC.CCC. The van der Waals surface area contributed by atoms with E-state index in [1.54, 1.807) is 0 Å². The molecule has 1 heterocycles. The summed E-state index contributed by atoms with van der Waals surface area (Å²) in [6.07, 6.45) is 5.19. The van der Waals surface area contributed by atoms with E-state index in [0.717, 1.165) is 0 Å². The molecule has 1 rings (SSSR count). The summed E-state index contributed by atoms with van der Waals surface area (Å²) < 4.78 is 0. The van der Waals surface area contributed by atoms with Gasteiger partial charge in [-0.15, -0.1) is 13.2 Å². The molecule has 212 valence electrons. The van der Waals surface area contributed by atoms with Crippen LogP contribution in [0, 0.1) is 5.41 Å². The number of urea groups is 1. The number of nitrogens with one attached hydrogen (secondary N) is 4. The van der Waals surface area contributed by atoms with E-state index in [1.165, 1.54) is 30.5 Å². The Hall–Kier alpha value is -3.17. The van der Waals surface area contributed by atoms with Gasteiger partial charge in [0.05, 0.1) is 0 Å². The minimum atomic E-state index is -1.09. The molecule has 10 heteroatoms. The van der Waals surface area contributed by atoms with Crippen LogP contribution in [0.1, 0.15) is 74.1 Å². The maximum atomic E-state index is 13.3. The van der Waals surface area contributed by atoms with Crippen LogP contribution in [-0.4, -0.2) is 72.7 Å². The first kappa shape index (κ1) is 36.0. The molecule has 0 aliphatic carbocycles. The average molecular weight is 524 g/mol. The zero-order chi connectivity index (χ0) is 29.2. The van der Waals surface area contributed by atoms with E-state index in [9.17, 15) is 24.0 Å². The molecule has 0 aromatic carbocycles. The van der Waals surface area contributed by atoms with Crippen LogP contribution in [0.4, 0.5) is 4.79 Å². The molecule has 10 nitrogen and oxygen atoms in total. The third-order valence-electron chi connectivity index (χ3n) is 5.12. The maximum absolute atomic E-state index is 13.3. The average Bonchev–Trinajstić information content (AvgIpc) is 3.35. The zero-order valence-corrected chi connectivity index (χ0v) is 24.0. The van der Waals surface area contributed by atoms with Gasteiger partial charge in [-0.25, -0.2) is 4.79 Å². The van der Waals surface area contributed by atoms with E-state index in [0.29, 0.717) is 19.4 Å².